The van der Waals surface area contributed by atoms with E-state index in [0.717, 1.165) is 12.2 Å². The van der Waals surface area contributed by atoms with E-state index >= 15 is 0 Å². The fraction of sp³-hybridized carbons (Fsp3) is 0.375. The topological polar surface area (TPSA) is 26.3 Å². The number of rotatable bonds is 5. The number of ether oxygens (including phenoxy) is 1. The summed E-state index contributed by atoms with van der Waals surface area (Å²) in [7, 11) is 1.72. The second-order valence-corrected chi connectivity index (χ2v) is 5.76. The molecule has 0 heterocycles. The zero-order valence-corrected chi connectivity index (χ0v) is 17.7. The standard InChI is InChI=1S/C14H20O.C8H7FO.C2H6/c1-5-8-12(6-2)13-9-7-10-14(15-4)11(13)3;1-6(10)7-3-2-4-8(9)5-7;1-2/h6-7,9-10H,5,8H2,1-4H3;2-5H,1H3;1-2H3/b12-6-;;. The highest BCUT2D eigenvalue weighted by Crippen LogP contribution is 2.28. The van der Waals surface area contributed by atoms with Gasteiger partial charge >= 0.3 is 0 Å². The minimum atomic E-state index is -0.368. The first kappa shape index (κ1) is 24.6. The van der Waals surface area contributed by atoms with Crippen LogP contribution in [0.25, 0.3) is 5.57 Å². The second-order valence-electron chi connectivity index (χ2n) is 5.76. The molecule has 0 aliphatic heterocycles. The maximum absolute atomic E-state index is 12.4. The molecule has 2 nitrogen and oxygen atoms in total. The highest BCUT2D eigenvalue weighted by molar-refractivity contribution is 5.93. The zero-order valence-electron chi connectivity index (χ0n) is 17.7. The van der Waals surface area contributed by atoms with E-state index in [9.17, 15) is 9.18 Å². The largest absolute Gasteiger partial charge is 0.496 e. The number of carbonyl (C=O) groups is 1. The van der Waals surface area contributed by atoms with E-state index in [-0.39, 0.29) is 11.6 Å². The number of Topliss-reactive ketones (excluding diaryl/α,β-unsaturated/α-hetero) is 1. The molecular formula is C24H33FO2. The Morgan fingerprint density at radius 1 is 1.15 bits per heavy atom. The molecule has 0 aliphatic carbocycles. The van der Waals surface area contributed by atoms with Crippen LogP contribution >= 0.6 is 0 Å². The van der Waals surface area contributed by atoms with E-state index in [1.165, 1.54) is 48.2 Å². The lowest BCUT2D eigenvalue weighted by Crippen LogP contribution is -1.93. The predicted molar refractivity (Wildman–Crippen MR) is 114 cm³/mol. The molecule has 148 valence electrons. The summed E-state index contributed by atoms with van der Waals surface area (Å²) in [6.07, 6.45) is 4.51. The number of halogens is 1. The van der Waals surface area contributed by atoms with Gasteiger partial charge in [0.05, 0.1) is 7.11 Å². The highest BCUT2D eigenvalue weighted by atomic mass is 19.1. The smallest absolute Gasteiger partial charge is 0.159 e. The second kappa shape index (κ2) is 13.7. The van der Waals surface area contributed by atoms with Crippen LogP contribution in [0.4, 0.5) is 4.39 Å². The van der Waals surface area contributed by atoms with E-state index in [2.05, 4.69) is 39.0 Å². The van der Waals surface area contributed by atoms with Crippen LogP contribution in [0.3, 0.4) is 0 Å². The molecule has 0 unspecified atom stereocenters. The highest BCUT2D eigenvalue weighted by Gasteiger charge is 2.07. The summed E-state index contributed by atoms with van der Waals surface area (Å²) >= 11 is 0. The first-order valence-corrected chi connectivity index (χ1v) is 9.50. The summed E-state index contributed by atoms with van der Waals surface area (Å²) in [6, 6.07) is 11.9. The van der Waals surface area contributed by atoms with Crippen molar-refractivity contribution in [1.82, 2.24) is 0 Å². The van der Waals surface area contributed by atoms with E-state index < -0.39 is 0 Å². The summed E-state index contributed by atoms with van der Waals surface area (Å²) < 4.78 is 17.7. The maximum Gasteiger partial charge on any atom is 0.159 e. The Bertz CT molecular complexity index is 733. The van der Waals surface area contributed by atoms with Crippen LogP contribution in [-0.4, -0.2) is 12.9 Å². The molecular weight excluding hydrogens is 339 g/mol. The van der Waals surface area contributed by atoms with E-state index in [0.29, 0.717) is 5.56 Å². The molecule has 0 spiro atoms. The number of hydrogen-bond acceptors (Lipinski definition) is 2. The Morgan fingerprint density at radius 3 is 2.22 bits per heavy atom. The van der Waals surface area contributed by atoms with Gasteiger partial charge in [0.1, 0.15) is 11.6 Å². The first-order chi connectivity index (χ1) is 12.9. The van der Waals surface area contributed by atoms with E-state index in [1.807, 2.05) is 19.9 Å². The van der Waals surface area contributed by atoms with Gasteiger partial charge in [0, 0.05) is 5.56 Å². The third kappa shape index (κ3) is 8.21. The van der Waals surface area contributed by atoms with Gasteiger partial charge in [0.15, 0.2) is 5.78 Å². The number of carbonyl (C=O) groups excluding carboxylic acids is 1. The molecule has 0 N–H and O–H groups in total. The average Bonchev–Trinajstić information content (AvgIpc) is 2.68. The Morgan fingerprint density at radius 2 is 1.78 bits per heavy atom. The van der Waals surface area contributed by atoms with Gasteiger partial charge in [-0.2, -0.15) is 0 Å². The van der Waals surface area contributed by atoms with Gasteiger partial charge in [0.2, 0.25) is 0 Å². The SMILES string of the molecule is C/C=C(/CCC)c1cccc(OC)c1C.CC.CC(=O)c1cccc(F)c1. The number of methoxy groups -OCH3 is 1. The Kier molecular flexibility index (Phi) is 12.5. The quantitative estimate of drug-likeness (QED) is 0.516. The molecule has 0 amide bonds. The summed E-state index contributed by atoms with van der Waals surface area (Å²) in [5.41, 5.74) is 4.38. The minimum absolute atomic E-state index is 0.112. The van der Waals surface area contributed by atoms with Crippen LogP contribution in [0, 0.1) is 12.7 Å². The van der Waals surface area contributed by atoms with Crippen LogP contribution in [0.2, 0.25) is 0 Å². The minimum Gasteiger partial charge on any atom is -0.496 e. The number of allylic oxidation sites excluding steroid dienone is 2. The lowest BCUT2D eigenvalue weighted by atomic mass is 9.96. The molecule has 3 heteroatoms. The summed E-state index contributed by atoms with van der Waals surface area (Å²) in [4.78, 5) is 10.6. The van der Waals surface area contributed by atoms with Crippen molar-refractivity contribution in [3.8, 4) is 5.75 Å². The normalized spacial score (nSPS) is 10.1. The van der Waals surface area contributed by atoms with Crippen molar-refractivity contribution in [2.24, 2.45) is 0 Å². The molecule has 0 radical (unpaired) electrons. The number of hydrogen-bond donors (Lipinski definition) is 0. The van der Waals surface area contributed by atoms with Crippen molar-refractivity contribution in [2.75, 3.05) is 7.11 Å². The first-order valence-electron chi connectivity index (χ1n) is 9.50. The van der Waals surface area contributed by atoms with Crippen molar-refractivity contribution < 1.29 is 13.9 Å². The molecule has 0 saturated carbocycles. The molecule has 0 fully saturated rings. The lowest BCUT2D eigenvalue weighted by molar-refractivity contribution is 0.101. The zero-order chi connectivity index (χ0) is 20.8. The Hall–Kier alpha value is -2.42. The molecule has 2 aromatic rings. The van der Waals surface area contributed by atoms with Crippen molar-refractivity contribution in [3.05, 3.63) is 71.0 Å². The molecule has 0 saturated heterocycles. The van der Waals surface area contributed by atoms with E-state index in [4.69, 9.17) is 4.74 Å². The fourth-order valence-corrected chi connectivity index (χ4v) is 2.59. The van der Waals surface area contributed by atoms with Crippen LogP contribution < -0.4 is 4.74 Å². The number of benzene rings is 2. The third-order valence-electron chi connectivity index (χ3n) is 3.95. The molecule has 0 aliphatic rings. The average molecular weight is 373 g/mol. The molecule has 0 aromatic heterocycles. The van der Waals surface area contributed by atoms with Gasteiger partial charge in [-0.25, -0.2) is 4.39 Å². The number of ketones is 1. The molecule has 0 bridgehead atoms. The third-order valence-corrected chi connectivity index (χ3v) is 3.95. The monoisotopic (exact) mass is 372 g/mol. The summed E-state index contributed by atoms with van der Waals surface area (Å²) in [5.74, 6) is 0.496. The van der Waals surface area contributed by atoms with Gasteiger partial charge in [-0.3, -0.25) is 4.79 Å². The maximum atomic E-state index is 12.4. The molecule has 2 rings (SSSR count). The van der Waals surface area contributed by atoms with Gasteiger partial charge in [-0.15, -0.1) is 0 Å². The van der Waals surface area contributed by atoms with Crippen LogP contribution in [0.1, 0.15) is 68.9 Å². The predicted octanol–water partition coefficient (Wildman–Crippen LogP) is 7.26. The molecule has 2 aromatic carbocycles. The Labute approximate surface area is 164 Å². The van der Waals surface area contributed by atoms with Crippen molar-refractivity contribution in [3.63, 3.8) is 0 Å². The summed E-state index contributed by atoms with van der Waals surface area (Å²) in [6.45, 7) is 11.8. The van der Waals surface area contributed by atoms with E-state index in [1.54, 1.807) is 13.2 Å². The molecule has 27 heavy (non-hydrogen) atoms. The van der Waals surface area contributed by atoms with Crippen LogP contribution in [0.5, 0.6) is 5.75 Å². The van der Waals surface area contributed by atoms with Crippen molar-refractivity contribution >= 4 is 11.4 Å². The van der Waals surface area contributed by atoms with Gasteiger partial charge in [0.25, 0.3) is 0 Å². The van der Waals surface area contributed by atoms with Gasteiger partial charge in [-0.05, 0) is 62.1 Å². The van der Waals surface area contributed by atoms with Crippen molar-refractivity contribution in [2.45, 2.75) is 54.4 Å². The molecule has 0 atom stereocenters. The fourth-order valence-electron chi connectivity index (χ4n) is 2.59. The van der Waals surface area contributed by atoms with Gasteiger partial charge < -0.3 is 4.74 Å². The van der Waals surface area contributed by atoms with Crippen LogP contribution in [-0.2, 0) is 0 Å². The van der Waals surface area contributed by atoms with Gasteiger partial charge in [-0.1, -0.05) is 57.5 Å². The van der Waals surface area contributed by atoms with Crippen LogP contribution in [0.15, 0.2) is 48.5 Å². The lowest BCUT2D eigenvalue weighted by Gasteiger charge is -2.12. The summed E-state index contributed by atoms with van der Waals surface area (Å²) in [5, 5.41) is 0. The van der Waals surface area contributed by atoms with Crippen molar-refractivity contribution in [1.29, 1.82) is 0 Å². The Balaban J connectivity index is 0.000000488.